The number of piperazine rings is 1. The summed E-state index contributed by atoms with van der Waals surface area (Å²) in [5.41, 5.74) is 0. The van der Waals surface area contributed by atoms with Crippen LogP contribution in [-0.4, -0.2) is 79.1 Å². The van der Waals surface area contributed by atoms with Crippen LogP contribution in [0.5, 0.6) is 0 Å². The van der Waals surface area contributed by atoms with Gasteiger partial charge in [0.15, 0.2) is 0 Å². The summed E-state index contributed by atoms with van der Waals surface area (Å²) in [6, 6.07) is 0. The third-order valence-corrected chi connectivity index (χ3v) is 4.08. The summed E-state index contributed by atoms with van der Waals surface area (Å²) >= 11 is 1.49. The standard InChI is InChI=1S/C14H26N2O4.W/c1-3-9-18-10-11-19-12-13-20-14(17)16-7-5-15(4-2)6-8-16;/h3,5-13H2,1-2H3;. The van der Waals surface area contributed by atoms with Gasteiger partial charge in [-0.1, -0.05) is 6.92 Å². The Hall–Kier alpha value is -0.292. The summed E-state index contributed by atoms with van der Waals surface area (Å²) in [6.07, 6.45) is 0.781. The first-order valence-corrected chi connectivity index (χ1v) is 8.94. The predicted octanol–water partition coefficient (Wildman–Crippen LogP) is 0.880. The second-order valence-electron chi connectivity index (χ2n) is 4.83. The first-order chi connectivity index (χ1) is 10.1. The quantitative estimate of drug-likeness (QED) is 0.469. The average Bonchev–Trinajstić information content (AvgIpc) is 2.49. The molecular weight excluding hydrogens is 444 g/mol. The first-order valence-electron chi connectivity index (χ1n) is 7.47. The van der Waals surface area contributed by atoms with E-state index in [2.05, 4.69) is 18.7 Å². The van der Waals surface area contributed by atoms with E-state index in [0.717, 1.165) is 39.2 Å². The monoisotopic (exact) mass is 470 g/mol. The molecule has 1 aliphatic rings. The van der Waals surface area contributed by atoms with E-state index in [1.165, 1.54) is 23.4 Å². The van der Waals surface area contributed by atoms with Gasteiger partial charge in [0.2, 0.25) is 0 Å². The van der Waals surface area contributed by atoms with Crippen molar-refractivity contribution in [2.75, 3.05) is 59.2 Å². The molecular formula is C14H26N2O4W. The maximum atomic E-state index is 11.9. The summed E-state index contributed by atoms with van der Waals surface area (Å²) in [5.74, 6) is 0. The molecule has 21 heavy (non-hydrogen) atoms. The van der Waals surface area contributed by atoms with Crippen LogP contribution in [0.1, 0.15) is 20.3 Å². The Labute approximate surface area is 138 Å². The van der Waals surface area contributed by atoms with Crippen molar-refractivity contribution in [3.8, 4) is 0 Å². The number of carbonyl (C=O) groups excluding carboxylic acids is 1. The van der Waals surface area contributed by atoms with Gasteiger partial charge in [-0.2, -0.15) is 0 Å². The van der Waals surface area contributed by atoms with Gasteiger partial charge in [-0.05, 0) is 6.42 Å². The Morgan fingerprint density at radius 1 is 0.952 bits per heavy atom. The molecule has 1 fully saturated rings. The van der Waals surface area contributed by atoms with Gasteiger partial charge in [0.25, 0.3) is 0 Å². The van der Waals surface area contributed by atoms with Crippen molar-refractivity contribution < 1.29 is 38.4 Å². The SMILES string of the molecule is CCCOCCOCCOC(=O)N1CCN([C](C)=[W])CC1. The number of rotatable bonds is 9. The topological polar surface area (TPSA) is 51.2 Å². The van der Waals surface area contributed by atoms with Crippen molar-refractivity contribution in [3.63, 3.8) is 0 Å². The third kappa shape index (κ3) is 8.05. The molecule has 0 bridgehead atoms. The van der Waals surface area contributed by atoms with Gasteiger partial charge in [0.1, 0.15) is 0 Å². The Balaban J connectivity index is 2.00. The van der Waals surface area contributed by atoms with Crippen molar-refractivity contribution in [2.45, 2.75) is 20.3 Å². The van der Waals surface area contributed by atoms with Crippen LogP contribution in [-0.2, 0) is 33.6 Å². The summed E-state index contributed by atoms with van der Waals surface area (Å²) in [7, 11) is 0. The molecule has 1 amide bonds. The van der Waals surface area contributed by atoms with Gasteiger partial charge in [0, 0.05) is 6.61 Å². The average molecular weight is 470 g/mol. The molecule has 0 aromatic carbocycles. The molecule has 122 valence electrons. The molecule has 0 aromatic rings. The summed E-state index contributed by atoms with van der Waals surface area (Å²) < 4.78 is 17.2. The van der Waals surface area contributed by atoms with E-state index in [0.29, 0.717) is 26.4 Å². The maximum absolute atomic E-state index is 11.9. The molecule has 6 nitrogen and oxygen atoms in total. The fraction of sp³-hybridized carbons (Fsp3) is 0.857. The van der Waals surface area contributed by atoms with Crippen molar-refractivity contribution in [2.24, 2.45) is 0 Å². The van der Waals surface area contributed by atoms with Gasteiger partial charge in [-0.3, -0.25) is 0 Å². The van der Waals surface area contributed by atoms with Crippen molar-refractivity contribution in [3.05, 3.63) is 0 Å². The van der Waals surface area contributed by atoms with Crippen LogP contribution in [0, 0.1) is 0 Å². The van der Waals surface area contributed by atoms with Gasteiger partial charge in [-0.15, -0.1) is 0 Å². The van der Waals surface area contributed by atoms with Crippen LogP contribution in [0.3, 0.4) is 0 Å². The fourth-order valence-electron chi connectivity index (χ4n) is 1.95. The Morgan fingerprint density at radius 2 is 1.48 bits per heavy atom. The minimum absolute atomic E-state index is 0.235. The van der Waals surface area contributed by atoms with E-state index in [1.807, 2.05) is 0 Å². The second kappa shape index (κ2) is 11.3. The number of amides is 1. The summed E-state index contributed by atoms with van der Waals surface area (Å²) in [4.78, 5) is 15.9. The molecule has 0 aromatic heterocycles. The summed E-state index contributed by atoms with van der Waals surface area (Å²) in [5, 5.41) is 0. The minimum atomic E-state index is -0.235. The Morgan fingerprint density at radius 3 is 2.05 bits per heavy atom. The van der Waals surface area contributed by atoms with E-state index in [1.54, 1.807) is 4.90 Å². The van der Waals surface area contributed by atoms with E-state index < -0.39 is 0 Å². The zero-order valence-corrected chi connectivity index (χ0v) is 15.9. The van der Waals surface area contributed by atoms with Crippen LogP contribution in [0.15, 0.2) is 0 Å². The van der Waals surface area contributed by atoms with Crippen LogP contribution < -0.4 is 0 Å². The van der Waals surface area contributed by atoms with Crippen LogP contribution in [0.4, 0.5) is 4.79 Å². The molecule has 1 rings (SSSR count). The molecule has 0 unspecified atom stereocenters. The van der Waals surface area contributed by atoms with Crippen LogP contribution in [0.25, 0.3) is 0 Å². The van der Waals surface area contributed by atoms with Gasteiger partial charge in [-0.25, -0.2) is 0 Å². The molecule has 1 heterocycles. The normalized spacial score (nSPS) is 16.0. The fourth-order valence-corrected chi connectivity index (χ4v) is 2.61. The van der Waals surface area contributed by atoms with Crippen molar-refractivity contribution in [1.82, 2.24) is 9.80 Å². The number of nitrogens with zero attached hydrogens (tertiary/aromatic N) is 2. The molecule has 1 aliphatic heterocycles. The van der Waals surface area contributed by atoms with Crippen LogP contribution in [0.2, 0.25) is 0 Å². The molecule has 0 spiro atoms. The van der Waals surface area contributed by atoms with Crippen LogP contribution >= 0.6 is 0 Å². The predicted molar refractivity (Wildman–Crippen MR) is 77.1 cm³/mol. The number of carbonyl (C=O) groups is 1. The van der Waals surface area contributed by atoms with Crippen molar-refractivity contribution in [1.29, 1.82) is 0 Å². The second-order valence-corrected chi connectivity index (χ2v) is 6.95. The Bertz CT molecular complexity index is 320. The molecule has 1 saturated heterocycles. The molecule has 0 N–H and O–H groups in total. The molecule has 7 heteroatoms. The molecule has 0 aliphatic carbocycles. The Kier molecular flexibility index (Phi) is 10.1. The van der Waals surface area contributed by atoms with Gasteiger partial charge in [0.05, 0.1) is 0 Å². The zero-order valence-electron chi connectivity index (χ0n) is 13.0. The van der Waals surface area contributed by atoms with E-state index in [9.17, 15) is 4.79 Å². The number of hydrogen-bond donors (Lipinski definition) is 0. The third-order valence-electron chi connectivity index (χ3n) is 3.16. The van der Waals surface area contributed by atoms with Crippen molar-refractivity contribution >= 4 is 10.1 Å². The summed E-state index contributed by atoms with van der Waals surface area (Å²) in [6.45, 7) is 10.1. The first kappa shape index (κ1) is 18.8. The van der Waals surface area contributed by atoms with Gasteiger partial charge < -0.3 is 4.74 Å². The molecule has 0 saturated carbocycles. The van der Waals surface area contributed by atoms with E-state index in [-0.39, 0.29) is 6.09 Å². The van der Waals surface area contributed by atoms with Gasteiger partial charge >= 0.3 is 113 Å². The number of ether oxygens (including phenoxy) is 3. The zero-order chi connectivity index (χ0) is 15.5. The molecule has 0 atom stereocenters. The number of hydrogen-bond acceptors (Lipinski definition) is 5. The van der Waals surface area contributed by atoms with E-state index in [4.69, 9.17) is 14.2 Å². The molecule has 0 radical (unpaired) electrons. The van der Waals surface area contributed by atoms with E-state index >= 15 is 0 Å².